The van der Waals surface area contributed by atoms with Crippen molar-refractivity contribution in [2.24, 2.45) is 5.92 Å². The molecular weight excluding hydrogens is 138 g/mol. The lowest BCUT2D eigenvalue weighted by Gasteiger charge is -2.12. The second-order valence-corrected chi connectivity index (χ2v) is 2.73. The molecule has 0 fully saturated rings. The molecule has 1 atom stereocenters. The SMILES string of the molecule is CCNCC(CC)C(=O)CC. The molecule has 0 aromatic carbocycles. The van der Waals surface area contributed by atoms with Crippen LogP contribution in [0.3, 0.4) is 0 Å². The van der Waals surface area contributed by atoms with E-state index >= 15 is 0 Å². The molecule has 0 heterocycles. The molecule has 0 amide bonds. The fourth-order valence-corrected chi connectivity index (χ4v) is 1.09. The zero-order valence-corrected chi connectivity index (χ0v) is 7.81. The molecule has 0 aliphatic heterocycles. The number of Topliss-reactive ketones (excluding diaryl/α,β-unsaturated/α-hetero) is 1. The summed E-state index contributed by atoms with van der Waals surface area (Å²) < 4.78 is 0. The lowest BCUT2D eigenvalue weighted by atomic mass is 9.99. The highest BCUT2D eigenvalue weighted by molar-refractivity contribution is 5.80. The van der Waals surface area contributed by atoms with Crippen LogP contribution in [0, 0.1) is 5.92 Å². The van der Waals surface area contributed by atoms with E-state index in [0.29, 0.717) is 12.2 Å². The van der Waals surface area contributed by atoms with Gasteiger partial charge in [-0.15, -0.1) is 0 Å². The van der Waals surface area contributed by atoms with E-state index in [1.165, 1.54) is 0 Å². The monoisotopic (exact) mass is 157 g/mol. The summed E-state index contributed by atoms with van der Waals surface area (Å²) in [6.45, 7) is 7.85. The highest BCUT2D eigenvalue weighted by atomic mass is 16.1. The predicted octanol–water partition coefficient (Wildman–Crippen LogP) is 1.60. The van der Waals surface area contributed by atoms with Crippen LogP contribution < -0.4 is 5.32 Å². The Balaban J connectivity index is 3.65. The minimum Gasteiger partial charge on any atom is -0.316 e. The zero-order chi connectivity index (χ0) is 8.69. The Hall–Kier alpha value is -0.370. The minimum atomic E-state index is 0.236. The smallest absolute Gasteiger partial charge is 0.136 e. The predicted molar refractivity (Wildman–Crippen MR) is 47.6 cm³/mol. The van der Waals surface area contributed by atoms with Crippen molar-refractivity contribution in [1.29, 1.82) is 0 Å². The Morgan fingerprint density at radius 1 is 1.36 bits per heavy atom. The summed E-state index contributed by atoms with van der Waals surface area (Å²) in [7, 11) is 0. The van der Waals surface area contributed by atoms with Crippen molar-refractivity contribution in [1.82, 2.24) is 5.32 Å². The van der Waals surface area contributed by atoms with Crippen LogP contribution in [-0.4, -0.2) is 18.9 Å². The summed E-state index contributed by atoms with van der Waals surface area (Å²) >= 11 is 0. The minimum absolute atomic E-state index is 0.236. The van der Waals surface area contributed by atoms with Crippen molar-refractivity contribution in [2.75, 3.05) is 13.1 Å². The summed E-state index contributed by atoms with van der Waals surface area (Å²) in [6, 6.07) is 0. The van der Waals surface area contributed by atoms with Gasteiger partial charge in [-0.25, -0.2) is 0 Å². The van der Waals surface area contributed by atoms with Crippen LogP contribution >= 0.6 is 0 Å². The van der Waals surface area contributed by atoms with E-state index in [-0.39, 0.29) is 5.92 Å². The zero-order valence-electron chi connectivity index (χ0n) is 7.81. The van der Waals surface area contributed by atoms with Crippen molar-refractivity contribution in [3.8, 4) is 0 Å². The molecule has 0 aromatic heterocycles. The maximum absolute atomic E-state index is 11.2. The van der Waals surface area contributed by atoms with Gasteiger partial charge in [-0.3, -0.25) is 4.79 Å². The van der Waals surface area contributed by atoms with Crippen LogP contribution in [0.4, 0.5) is 0 Å². The molecule has 1 N–H and O–H groups in total. The van der Waals surface area contributed by atoms with E-state index in [1.54, 1.807) is 0 Å². The average molecular weight is 157 g/mol. The number of ketones is 1. The van der Waals surface area contributed by atoms with Gasteiger partial charge in [-0.1, -0.05) is 20.8 Å². The fourth-order valence-electron chi connectivity index (χ4n) is 1.09. The first-order chi connectivity index (χ1) is 5.26. The summed E-state index contributed by atoms with van der Waals surface area (Å²) in [5.41, 5.74) is 0. The van der Waals surface area contributed by atoms with Gasteiger partial charge in [0, 0.05) is 18.9 Å². The summed E-state index contributed by atoms with van der Waals surface area (Å²) in [5.74, 6) is 0.619. The third-order valence-corrected chi connectivity index (χ3v) is 1.94. The average Bonchev–Trinajstić information content (AvgIpc) is 2.05. The van der Waals surface area contributed by atoms with Gasteiger partial charge in [0.15, 0.2) is 0 Å². The van der Waals surface area contributed by atoms with E-state index in [9.17, 15) is 4.79 Å². The molecule has 2 nitrogen and oxygen atoms in total. The molecular formula is C9H19NO. The molecule has 11 heavy (non-hydrogen) atoms. The van der Waals surface area contributed by atoms with Crippen molar-refractivity contribution in [2.45, 2.75) is 33.6 Å². The number of hydrogen-bond donors (Lipinski definition) is 1. The lowest BCUT2D eigenvalue weighted by Crippen LogP contribution is -2.27. The summed E-state index contributed by atoms with van der Waals surface area (Å²) in [6.07, 6.45) is 1.63. The fraction of sp³-hybridized carbons (Fsp3) is 0.889. The topological polar surface area (TPSA) is 29.1 Å². The van der Waals surface area contributed by atoms with Crippen molar-refractivity contribution in [3.05, 3.63) is 0 Å². The van der Waals surface area contributed by atoms with Crippen molar-refractivity contribution < 1.29 is 4.79 Å². The third-order valence-electron chi connectivity index (χ3n) is 1.94. The molecule has 0 aliphatic rings. The molecule has 1 unspecified atom stereocenters. The molecule has 0 saturated carbocycles. The maximum atomic E-state index is 11.2. The Bertz CT molecular complexity index is 112. The van der Waals surface area contributed by atoms with E-state index in [0.717, 1.165) is 19.5 Å². The maximum Gasteiger partial charge on any atom is 0.136 e. The molecule has 66 valence electrons. The molecule has 0 rings (SSSR count). The van der Waals surface area contributed by atoms with Crippen LogP contribution in [0.5, 0.6) is 0 Å². The van der Waals surface area contributed by atoms with Crippen LogP contribution in [0.15, 0.2) is 0 Å². The van der Waals surface area contributed by atoms with Gasteiger partial charge in [0.05, 0.1) is 0 Å². The van der Waals surface area contributed by atoms with Crippen molar-refractivity contribution in [3.63, 3.8) is 0 Å². The Morgan fingerprint density at radius 2 is 2.00 bits per heavy atom. The largest absolute Gasteiger partial charge is 0.316 e. The highest BCUT2D eigenvalue weighted by Gasteiger charge is 2.12. The number of hydrogen-bond acceptors (Lipinski definition) is 2. The highest BCUT2D eigenvalue weighted by Crippen LogP contribution is 2.04. The Kier molecular flexibility index (Phi) is 6.13. The van der Waals surface area contributed by atoms with Gasteiger partial charge in [-0.05, 0) is 13.0 Å². The molecule has 0 aliphatic carbocycles. The quantitative estimate of drug-likeness (QED) is 0.634. The van der Waals surface area contributed by atoms with Crippen LogP contribution in [0.1, 0.15) is 33.6 Å². The Labute approximate surface area is 69.4 Å². The second-order valence-electron chi connectivity index (χ2n) is 2.73. The van der Waals surface area contributed by atoms with Gasteiger partial charge < -0.3 is 5.32 Å². The number of rotatable bonds is 6. The van der Waals surface area contributed by atoms with Gasteiger partial charge in [0.1, 0.15) is 5.78 Å². The Morgan fingerprint density at radius 3 is 2.36 bits per heavy atom. The lowest BCUT2D eigenvalue weighted by molar-refractivity contribution is -0.122. The van der Waals surface area contributed by atoms with E-state index < -0.39 is 0 Å². The van der Waals surface area contributed by atoms with Gasteiger partial charge in [-0.2, -0.15) is 0 Å². The summed E-state index contributed by atoms with van der Waals surface area (Å²) in [5, 5.41) is 3.19. The second kappa shape index (κ2) is 6.35. The van der Waals surface area contributed by atoms with Crippen LogP contribution in [-0.2, 0) is 4.79 Å². The van der Waals surface area contributed by atoms with Gasteiger partial charge in [0.25, 0.3) is 0 Å². The standard InChI is InChI=1S/C9H19NO/c1-4-8(7-10-6-3)9(11)5-2/h8,10H,4-7H2,1-3H3. The van der Waals surface area contributed by atoms with E-state index in [2.05, 4.69) is 19.2 Å². The van der Waals surface area contributed by atoms with Gasteiger partial charge >= 0.3 is 0 Å². The molecule has 0 saturated heterocycles. The van der Waals surface area contributed by atoms with Crippen LogP contribution in [0.25, 0.3) is 0 Å². The third kappa shape index (κ3) is 4.14. The van der Waals surface area contributed by atoms with Crippen molar-refractivity contribution >= 4 is 5.78 Å². The van der Waals surface area contributed by atoms with Crippen LogP contribution in [0.2, 0.25) is 0 Å². The first-order valence-electron chi connectivity index (χ1n) is 4.49. The molecule has 2 heteroatoms. The number of carbonyl (C=O) groups excluding carboxylic acids is 1. The number of carbonyl (C=O) groups is 1. The first-order valence-corrected chi connectivity index (χ1v) is 4.49. The molecule has 0 radical (unpaired) electrons. The summed E-state index contributed by atoms with van der Waals surface area (Å²) in [4.78, 5) is 11.2. The van der Waals surface area contributed by atoms with E-state index in [4.69, 9.17) is 0 Å². The van der Waals surface area contributed by atoms with E-state index in [1.807, 2.05) is 6.92 Å². The molecule has 0 bridgehead atoms. The number of nitrogens with one attached hydrogen (secondary N) is 1. The molecule has 0 spiro atoms. The first kappa shape index (κ1) is 10.6. The normalized spacial score (nSPS) is 13.0. The van der Waals surface area contributed by atoms with Gasteiger partial charge in [0.2, 0.25) is 0 Å². The molecule has 0 aromatic rings.